The fourth-order valence-corrected chi connectivity index (χ4v) is 6.18. The molecular weight excluding hydrogens is 466 g/mol. The minimum atomic E-state index is -3.67. The first-order valence-electron chi connectivity index (χ1n) is 11.5. The Bertz CT molecular complexity index is 1350. The zero-order chi connectivity index (χ0) is 25.2. The number of nitrogens with one attached hydrogen (secondary N) is 1. The van der Waals surface area contributed by atoms with Gasteiger partial charge in [-0.3, -0.25) is 13.9 Å². The van der Waals surface area contributed by atoms with Crippen LogP contribution in [0.2, 0.25) is 0 Å². The van der Waals surface area contributed by atoms with Gasteiger partial charge in [-0.1, -0.05) is 36.4 Å². The number of anilines is 1. The molecule has 0 aliphatic carbocycles. The highest BCUT2D eigenvalue weighted by Gasteiger charge is 2.35. The van der Waals surface area contributed by atoms with Crippen LogP contribution in [0.3, 0.4) is 0 Å². The number of carbonyl (C=O) groups excluding carboxylic acids is 2. The number of amides is 2. The van der Waals surface area contributed by atoms with Crippen molar-refractivity contribution < 1.29 is 22.7 Å². The predicted molar refractivity (Wildman–Crippen MR) is 135 cm³/mol. The van der Waals surface area contributed by atoms with Gasteiger partial charge in [0, 0.05) is 31.9 Å². The third kappa shape index (κ3) is 4.68. The number of rotatable bonds is 9. The van der Waals surface area contributed by atoms with Gasteiger partial charge in [0.1, 0.15) is 11.8 Å². The molecule has 1 heterocycles. The molecule has 1 atom stereocenters. The Morgan fingerprint density at radius 1 is 1.06 bits per heavy atom. The third-order valence-electron chi connectivity index (χ3n) is 6.36. The molecule has 0 fully saturated rings. The minimum Gasteiger partial charge on any atom is -0.497 e. The maximum Gasteiger partial charge on any atom is 0.265 e. The van der Waals surface area contributed by atoms with Crippen LogP contribution in [0.5, 0.6) is 5.75 Å². The molecule has 35 heavy (non-hydrogen) atoms. The number of carbonyl (C=O) groups is 2. The van der Waals surface area contributed by atoms with Gasteiger partial charge in [0.25, 0.3) is 10.0 Å². The molecule has 0 aromatic heterocycles. The quantitative estimate of drug-likeness (QED) is 0.491. The Kier molecular flexibility index (Phi) is 6.98. The molecule has 0 saturated carbocycles. The second-order valence-corrected chi connectivity index (χ2v) is 10.3. The minimum absolute atomic E-state index is 0.107. The van der Waals surface area contributed by atoms with Crippen molar-refractivity contribution in [2.45, 2.75) is 37.2 Å². The van der Waals surface area contributed by atoms with E-state index in [4.69, 9.17) is 4.74 Å². The van der Waals surface area contributed by atoms with E-state index >= 15 is 0 Å². The summed E-state index contributed by atoms with van der Waals surface area (Å²) in [6.45, 7) is 2.11. The van der Waals surface area contributed by atoms with E-state index in [0.29, 0.717) is 22.8 Å². The lowest BCUT2D eigenvalue weighted by Gasteiger charge is -2.29. The van der Waals surface area contributed by atoms with Crippen LogP contribution >= 0.6 is 0 Å². The molecule has 8 nitrogen and oxygen atoms in total. The summed E-state index contributed by atoms with van der Waals surface area (Å²) >= 11 is 0. The van der Waals surface area contributed by atoms with Gasteiger partial charge in [-0.05, 0) is 48.6 Å². The fourth-order valence-electron chi connectivity index (χ4n) is 4.44. The topological polar surface area (TPSA) is 96.0 Å². The van der Waals surface area contributed by atoms with E-state index in [2.05, 4.69) is 5.32 Å². The van der Waals surface area contributed by atoms with Gasteiger partial charge in [-0.2, -0.15) is 0 Å². The van der Waals surface area contributed by atoms with E-state index in [1.54, 1.807) is 44.4 Å². The summed E-state index contributed by atoms with van der Waals surface area (Å²) in [5.74, 6) is 0.217. The second kappa shape index (κ2) is 9.95. The number of ether oxygens (including phenoxy) is 1. The van der Waals surface area contributed by atoms with Crippen molar-refractivity contribution in [1.29, 1.82) is 0 Å². The van der Waals surface area contributed by atoms with Gasteiger partial charge in [-0.25, -0.2) is 8.42 Å². The molecule has 3 aromatic carbocycles. The van der Waals surface area contributed by atoms with E-state index < -0.39 is 16.1 Å². The van der Waals surface area contributed by atoms with E-state index in [0.717, 1.165) is 16.3 Å². The number of methoxy groups -OCH3 is 1. The molecular formula is C26H29N3O5S. The summed E-state index contributed by atoms with van der Waals surface area (Å²) in [5, 5.41) is 4.18. The van der Waals surface area contributed by atoms with Gasteiger partial charge in [0.05, 0.1) is 17.7 Å². The Labute approximate surface area is 205 Å². The van der Waals surface area contributed by atoms with Gasteiger partial charge in [0.15, 0.2) is 0 Å². The van der Waals surface area contributed by atoms with Gasteiger partial charge in [-0.15, -0.1) is 0 Å². The van der Waals surface area contributed by atoms with Crippen molar-refractivity contribution in [2.24, 2.45) is 0 Å². The Morgan fingerprint density at radius 2 is 1.74 bits per heavy atom. The highest BCUT2D eigenvalue weighted by atomic mass is 32.2. The molecule has 3 aromatic rings. The highest BCUT2D eigenvalue weighted by molar-refractivity contribution is 7.93. The summed E-state index contributed by atoms with van der Waals surface area (Å²) in [4.78, 5) is 27.4. The number of hydrogen-bond acceptors (Lipinski definition) is 5. The van der Waals surface area contributed by atoms with Crippen LogP contribution in [-0.2, 0) is 26.2 Å². The maximum absolute atomic E-state index is 13.2. The van der Waals surface area contributed by atoms with Crippen LogP contribution in [-0.4, -0.2) is 51.9 Å². The standard InChI is InChI=1S/C26H29N3O5S/c1-18(26(31)27-2)28(17-19-12-14-21(34-3)15-13-19)24(30)11-6-16-29-22-9-4-7-20-8-5-10-23(25(20)22)35(29,32)33/h4-5,7-10,12-15,18H,6,11,16-17H2,1-3H3,(H,27,31)/t18-/m0/s1. The van der Waals surface area contributed by atoms with Gasteiger partial charge < -0.3 is 15.0 Å². The van der Waals surface area contributed by atoms with Crippen molar-refractivity contribution in [3.8, 4) is 5.75 Å². The van der Waals surface area contributed by atoms with Gasteiger partial charge in [0.2, 0.25) is 11.8 Å². The molecule has 1 N–H and O–H groups in total. The number of nitrogens with zero attached hydrogens (tertiary/aromatic N) is 2. The van der Waals surface area contributed by atoms with Crippen LogP contribution in [0, 0.1) is 0 Å². The van der Waals surface area contributed by atoms with Crippen LogP contribution in [0.1, 0.15) is 25.3 Å². The first-order chi connectivity index (χ1) is 16.8. The largest absolute Gasteiger partial charge is 0.497 e. The average molecular weight is 496 g/mol. The van der Waals surface area contributed by atoms with E-state index in [-0.39, 0.29) is 31.3 Å². The zero-order valence-electron chi connectivity index (χ0n) is 20.0. The lowest BCUT2D eigenvalue weighted by Crippen LogP contribution is -2.46. The van der Waals surface area contributed by atoms with Crippen molar-refractivity contribution in [3.63, 3.8) is 0 Å². The molecule has 0 bridgehead atoms. The smallest absolute Gasteiger partial charge is 0.265 e. The summed E-state index contributed by atoms with van der Waals surface area (Å²) in [7, 11) is -0.559. The second-order valence-electron chi connectivity index (χ2n) is 8.47. The molecule has 1 aliphatic rings. The number of likely N-dealkylation sites (N-methyl/N-ethyl adjacent to an activating group) is 1. The number of hydrogen-bond donors (Lipinski definition) is 1. The van der Waals surface area contributed by atoms with Crippen LogP contribution < -0.4 is 14.4 Å². The van der Waals surface area contributed by atoms with Crippen molar-refractivity contribution in [1.82, 2.24) is 10.2 Å². The molecule has 184 valence electrons. The lowest BCUT2D eigenvalue weighted by molar-refractivity contribution is -0.140. The Balaban J connectivity index is 1.49. The first-order valence-corrected chi connectivity index (χ1v) is 12.9. The van der Waals surface area contributed by atoms with Gasteiger partial charge >= 0.3 is 0 Å². The van der Waals surface area contributed by atoms with Crippen LogP contribution in [0.25, 0.3) is 10.8 Å². The molecule has 4 rings (SSSR count). The highest BCUT2D eigenvalue weighted by Crippen LogP contribution is 2.42. The van der Waals surface area contributed by atoms with Crippen molar-refractivity contribution in [2.75, 3.05) is 25.0 Å². The lowest BCUT2D eigenvalue weighted by atomic mass is 10.1. The molecule has 0 radical (unpaired) electrons. The van der Waals surface area contributed by atoms with Crippen molar-refractivity contribution in [3.05, 3.63) is 66.2 Å². The van der Waals surface area contributed by atoms with E-state index in [1.165, 1.54) is 16.3 Å². The summed E-state index contributed by atoms with van der Waals surface area (Å²) in [6, 6.07) is 17.4. The van der Waals surface area contributed by atoms with Crippen LogP contribution in [0.15, 0.2) is 65.6 Å². The SMILES string of the molecule is CNC(=O)[C@H](C)N(Cc1ccc(OC)cc1)C(=O)CCCN1c2cccc3cccc(c23)S1(=O)=O. The van der Waals surface area contributed by atoms with E-state index in [1.807, 2.05) is 30.3 Å². The third-order valence-corrected chi connectivity index (χ3v) is 8.21. The molecule has 9 heteroatoms. The molecule has 1 aliphatic heterocycles. The molecule has 0 saturated heterocycles. The number of benzene rings is 3. The van der Waals surface area contributed by atoms with Crippen molar-refractivity contribution >= 4 is 38.3 Å². The molecule has 0 unspecified atom stereocenters. The normalized spacial score (nSPS) is 14.5. The first kappa shape index (κ1) is 24.5. The average Bonchev–Trinajstić information content (AvgIpc) is 3.09. The summed E-state index contributed by atoms with van der Waals surface area (Å²) in [5.41, 5.74) is 1.50. The maximum atomic E-state index is 13.2. The monoisotopic (exact) mass is 495 g/mol. The van der Waals surface area contributed by atoms with E-state index in [9.17, 15) is 18.0 Å². The fraction of sp³-hybridized carbons (Fsp3) is 0.308. The number of sulfonamides is 1. The predicted octanol–water partition coefficient (Wildman–Crippen LogP) is 3.30. The Hall–Kier alpha value is -3.59. The molecule has 2 amide bonds. The van der Waals surface area contributed by atoms with Crippen LogP contribution in [0.4, 0.5) is 5.69 Å². The summed E-state index contributed by atoms with van der Waals surface area (Å²) in [6.07, 6.45) is 0.428. The zero-order valence-corrected chi connectivity index (χ0v) is 20.8. The molecule has 0 spiro atoms. The summed E-state index contributed by atoms with van der Waals surface area (Å²) < 4.78 is 32.9. The Morgan fingerprint density at radius 3 is 2.40 bits per heavy atom.